The van der Waals surface area contributed by atoms with E-state index in [9.17, 15) is 5.11 Å². The molecule has 2 aromatic rings. The molecule has 3 N–H and O–H groups in total. The van der Waals surface area contributed by atoms with Crippen LogP contribution in [0, 0.1) is 0 Å². The van der Waals surface area contributed by atoms with Crippen LogP contribution in [0.4, 0.5) is 0 Å². The van der Waals surface area contributed by atoms with Crippen LogP contribution in [0.3, 0.4) is 0 Å². The topological polar surface area (TPSA) is 59.9 Å². The number of nitrogens with zero attached hydrogens (tertiary/aromatic N) is 2. The lowest BCUT2D eigenvalue weighted by atomic mass is 10.0. The van der Waals surface area contributed by atoms with Gasteiger partial charge in [0.15, 0.2) is 5.11 Å². The molecule has 1 aliphatic rings. The van der Waals surface area contributed by atoms with E-state index in [-0.39, 0.29) is 0 Å². The highest BCUT2D eigenvalue weighted by Crippen LogP contribution is 2.22. The van der Waals surface area contributed by atoms with Crippen molar-refractivity contribution in [2.24, 2.45) is 5.10 Å². The molecule has 0 unspecified atom stereocenters. The van der Waals surface area contributed by atoms with Gasteiger partial charge in [0.05, 0.1) is 5.71 Å². The zero-order chi connectivity index (χ0) is 19.8. The minimum atomic E-state index is 0.343. The molecule has 0 amide bonds. The smallest absolute Gasteiger partial charge is 0.187 e. The molecule has 3 rings (SSSR count). The Morgan fingerprint density at radius 2 is 1.86 bits per heavy atom. The lowest BCUT2D eigenvalue weighted by Crippen LogP contribution is -2.32. The Balaban J connectivity index is 1.57. The van der Waals surface area contributed by atoms with Crippen LogP contribution >= 0.6 is 12.2 Å². The third-order valence-corrected chi connectivity index (χ3v) is 5.20. The minimum absolute atomic E-state index is 0.343. The summed E-state index contributed by atoms with van der Waals surface area (Å²) in [5, 5.41) is 18.3. The molecule has 1 saturated heterocycles. The first-order valence-electron chi connectivity index (χ1n) is 9.78. The van der Waals surface area contributed by atoms with E-state index in [0.717, 1.165) is 42.0 Å². The number of phenols is 1. The van der Waals surface area contributed by atoms with E-state index in [4.69, 9.17) is 12.2 Å². The summed E-state index contributed by atoms with van der Waals surface area (Å²) in [6.07, 6.45) is 3.77. The van der Waals surface area contributed by atoms with Crippen LogP contribution in [0.5, 0.6) is 5.75 Å². The van der Waals surface area contributed by atoms with Gasteiger partial charge in [0.2, 0.25) is 0 Å². The van der Waals surface area contributed by atoms with Gasteiger partial charge in [-0.15, -0.1) is 0 Å². The first-order chi connectivity index (χ1) is 13.6. The second-order valence-electron chi connectivity index (χ2n) is 7.16. The molecule has 0 spiro atoms. The maximum atomic E-state index is 10.2. The average molecular weight is 397 g/mol. The van der Waals surface area contributed by atoms with Gasteiger partial charge in [-0.05, 0) is 74.4 Å². The third kappa shape index (κ3) is 6.04. The van der Waals surface area contributed by atoms with Gasteiger partial charge in [-0.2, -0.15) is 5.10 Å². The third-order valence-electron chi connectivity index (χ3n) is 4.96. The van der Waals surface area contributed by atoms with Gasteiger partial charge in [-0.1, -0.05) is 36.8 Å². The summed E-state index contributed by atoms with van der Waals surface area (Å²) in [6, 6.07) is 15.7. The average Bonchev–Trinajstić information content (AvgIpc) is 2.73. The minimum Gasteiger partial charge on any atom is -0.508 e. The Morgan fingerprint density at radius 1 is 1.11 bits per heavy atom. The van der Waals surface area contributed by atoms with Crippen molar-refractivity contribution >= 4 is 23.0 Å². The van der Waals surface area contributed by atoms with E-state index in [0.29, 0.717) is 17.4 Å². The van der Waals surface area contributed by atoms with Gasteiger partial charge in [0, 0.05) is 18.7 Å². The van der Waals surface area contributed by atoms with Crippen LogP contribution in [-0.4, -0.2) is 33.9 Å². The monoisotopic (exact) mass is 396 g/mol. The lowest BCUT2D eigenvalue weighted by molar-refractivity contribution is 0.218. The second kappa shape index (κ2) is 10.2. The number of benzene rings is 2. The number of likely N-dealkylation sites (tertiary alicyclic amines) is 1. The molecule has 0 atom stereocenters. The fourth-order valence-corrected chi connectivity index (χ4v) is 3.43. The molecule has 0 aliphatic carbocycles. The largest absolute Gasteiger partial charge is 0.508 e. The fourth-order valence-electron chi connectivity index (χ4n) is 3.31. The number of aromatic hydroxyl groups is 1. The highest BCUT2D eigenvalue weighted by atomic mass is 32.1. The predicted molar refractivity (Wildman–Crippen MR) is 118 cm³/mol. The van der Waals surface area contributed by atoms with Crippen LogP contribution in [-0.2, 0) is 13.1 Å². The maximum absolute atomic E-state index is 10.2. The van der Waals surface area contributed by atoms with Crippen LogP contribution in [0.1, 0.15) is 42.9 Å². The number of hydrazone groups is 1. The van der Waals surface area contributed by atoms with E-state index < -0.39 is 0 Å². The molecule has 1 fully saturated rings. The molecule has 0 radical (unpaired) electrons. The molecule has 1 aliphatic heterocycles. The van der Waals surface area contributed by atoms with Gasteiger partial charge in [-0.25, -0.2) is 0 Å². The van der Waals surface area contributed by atoms with Crippen molar-refractivity contribution in [1.29, 1.82) is 0 Å². The number of thiocarbonyl (C=S) groups is 1. The Labute approximate surface area is 172 Å². The molecule has 148 valence electrons. The summed E-state index contributed by atoms with van der Waals surface area (Å²) >= 11 is 5.30. The summed E-state index contributed by atoms with van der Waals surface area (Å²) in [5.41, 5.74) is 6.80. The molecule has 0 bridgehead atoms. The number of piperidine rings is 1. The Morgan fingerprint density at radius 3 is 2.61 bits per heavy atom. The lowest BCUT2D eigenvalue weighted by Gasteiger charge is -2.26. The van der Waals surface area contributed by atoms with Gasteiger partial charge in [0.1, 0.15) is 5.75 Å². The summed E-state index contributed by atoms with van der Waals surface area (Å²) < 4.78 is 0. The summed E-state index contributed by atoms with van der Waals surface area (Å²) in [7, 11) is 0. The summed E-state index contributed by atoms with van der Waals surface area (Å²) in [6.45, 7) is 5.56. The van der Waals surface area contributed by atoms with Crippen LogP contribution in [0.2, 0.25) is 0 Å². The van der Waals surface area contributed by atoms with Crippen molar-refractivity contribution in [3.05, 3.63) is 65.2 Å². The predicted octanol–water partition coefficient (Wildman–Crippen LogP) is 3.77. The highest BCUT2D eigenvalue weighted by molar-refractivity contribution is 7.80. The standard InChI is InChI=1S/C22H28N4OS/c1-17(24-25-22(28)23-15-18-8-4-2-5-9-18)19-10-11-21(27)20(14-19)16-26-12-6-3-7-13-26/h2,4-5,8-11,14,27H,3,6-7,12-13,15-16H2,1H3,(H2,23,25,28)/b24-17+. The van der Waals surface area contributed by atoms with Gasteiger partial charge >= 0.3 is 0 Å². The molecule has 2 aromatic carbocycles. The van der Waals surface area contributed by atoms with Gasteiger partial charge < -0.3 is 10.4 Å². The van der Waals surface area contributed by atoms with Crippen molar-refractivity contribution < 1.29 is 5.11 Å². The number of phenolic OH excluding ortho intramolecular Hbond substituents is 1. The first-order valence-corrected chi connectivity index (χ1v) is 10.2. The highest BCUT2D eigenvalue weighted by Gasteiger charge is 2.13. The zero-order valence-electron chi connectivity index (χ0n) is 16.3. The summed E-state index contributed by atoms with van der Waals surface area (Å²) in [5.74, 6) is 0.343. The van der Waals surface area contributed by atoms with E-state index in [2.05, 4.69) is 20.7 Å². The van der Waals surface area contributed by atoms with Crippen molar-refractivity contribution in [3.63, 3.8) is 0 Å². The van der Waals surface area contributed by atoms with Crippen LogP contribution in [0.25, 0.3) is 0 Å². The van der Waals surface area contributed by atoms with Crippen LogP contribution < -0.4 is 10.7 Å². The first kappa shape index (κ1) is 20.3. The SMILES string of the molecule is C/C(=N\NC(=S)NCc1ccccc1)c1ccc(O)c(CN2CCCCC2)c1. The molecule has 6 heteroatoms. The molecule has 1 heterocycles. The normalized spacial score (nSPS) is 15.2. The number of nitrogens with one attached hydrogen (secondary N) is 2. The number of hydrogen-bond acceptors (Lipinski definition) is 4. The molecule has 0 saturated carbocycles. The molecule has 28 heavy (non-hydrogen) atoms. The number of hydrogen-bond donors (Lipinski definition) is 3. The number of rotatable bonds is 6. The maximum Gasteiger partial charge on any atom is 0.187 e. The van der Waals surface area contributed by atoms with Crippen molar-refractivity contribution in [3.8, 4) is 5.75 Å². The van der Waals surface area contributed by atoms with Crippen molar-refractivity contribution in [2.75, 3.05) is 13.1 Å². The summed E-state index contributed by atoms with van der Waals surface area (Å²) in [4.78, 5) is 2.40. The second-order valence-corrected chi connectivity index (χ2v) is 7.57. The Bertz CT molecular complexity index is 817. The van der Waals surface area contributed by atoms with Crippen molar-refractivity contribution in [2.45, 2.75) is 39.3 Å². The van der Waals surface area contributed by atoms with Gasteiger partial charge in [0.25, 0.3) is 0 Å². The molecular formula is C22H28N4OS. The van der Waals surface area contributed by atoms with Crippen LogP contribution in [0.15, 0.2) is 53.6 Å². The van der Waals surface area contributed by atoms with E-state index in [1.165, 1.54) is 19.3 Å². The van der Waals surface area contributed by atoms with E-state index in [1.807, 2.05) is 49.4 Å². The Kier molecular flexibility index (Phi) is 7.39. The fraction of sp³-hybridized carbons (Fsp3) is 0.364. The zero-order valence-corrected chi connectivity index (χ0v) is 17.1. The quantitative estimate of drug-likeness (QED) is 0.394. The molecule has 0 aromatic heterocycles. The Hall–Kier alpha value is -2.44. The van der Waals surface area contributed by atoms with E-state index in [1.54, 1.807) is 6.07 Å². The molecule has 5 nitrogen and oxygen atoms in total. The van der Waals surface area contributed by atoms with E-state index >= 15 is 0 Å². The molecular weight excluding hydrogens is 368 g/mol. The van der Waals surface area contributed by atoms with Crippen molar-refractivity contribution in [1.82, 2.24) is 15.6 Å². The van der Waals surface area contributed by atoms with Gasteiger partial charge in [-0.3, -0.25) is 10.3 Å².